The van der Waals surface area contributed by atoms with Crippen LogP contribution in [-0.4, -0.2) is 40.1 Å². The first kappa shape index (κ1) is 16.6. The van der Waals surface area contributed by atoms with Gasteiger partial charge in [-0.25, -0.2) is 23.2 Å². The first-order valence-corrected chi connectivity index (χ1v) is 9.45. The van der Waals surface area contributed by atoms with Crippen molar-refractivity contribution in [3.8, 4) is 11.3 Å². The predicted octanol–water partition coefficient (Wildman–Crippen LogP) is 2.57. The van der Waals surface area contributed by atoms with Crippen LogP contribution in [0.25, 0.3) is 16.9 Å². The first-order valence-electron chi connectivity index (χ1n) is 6.76. The van der Waals surface area contributed by atoms with Gasteiger partial charge in [0.15, 0.2) is 20.5 Å². The van der Waals surface area contributed by atoms with Crippen LogP contribution in [0.5, 0.6) is 0 Å². The van der Waals surface area contributed by atoms with Crippen LogP contribution in [0.1, 0.15) is 15.9 Å². The van der Waals surface area contributed by atoms with Crippen molar-refractivity contribution in [2.75, 3.05) is 6.26 Å². The van der Waals surface area contributed by atoms with E-state index in [0.717, 1.165) is 11.8 Å². The minimum Gasteiger partial charge on any atom is -0.478 e. The molecule has 0 aliphatic heterocycles. The van der Waals surface area contributed by atoms with Gasteiger partial charge in [-0.1, -0.05) is 6.07 Å². The average Bonchev–Trinajstić information content (AvgIpc) is 2.88. The molecule has 24 heavy (non-hydrogen) atoms. The molecule has 0 aliphatic rings. The Bertz CT molecular complexity index is 1090. The van der Waals surface area contributed by atoms with E-state index in [-0.39, 0.29) is 16.2 Å². The van der Waals surface area contributed by atoms with E-state index < -0.39 is 15.8 Å². The summed E-state index contributed by atoms with van der Waals surface area (Å²) < 4.78 is 25.8. The fourth-order valence-electron chi connectivity index (χ4n) is 2.46. The molecule has 3 aromatic rings. The van der Waals surface area contributed by atoms with Gasteiger partial charge in [0.1, 0.15) is 4.60 Å². The number of nitrogens with zero attached hydrogens (tertiary/aromatic N) is 3. The maximum Gasteiger partial charge on any atom is 0.335 e. The Balaban J connectivity index is 2.27. The molecule has 0 saturated heterocycles. The molecule has 9 heteroatoms. The number of imidazole rings is 1. The van der Waals surface area contributed by atoms with Crippen molar-refractivity contribution >= 4 is 37.4 Å². The third kappa shape index (κ3) is 2.80. The summed E-state index contributed by atoms with van der Waals surface area (Å²) in [5.74, 6) is -0.997. The summed E-state index contributed by atoms with van der Waals surface area (Å²) in [4.78, 5) is 19.3. The van der Waals surface area contributed by atoms with Gasteiger partial charge in [0.2, 0.25) is 0 Å². The van der Waals surface area contributed by atoms with Crippen LogP contribution in [0.2, 0.25) is 0 Å². The maximum absolute atomic E-state index is 11.9. The molecule has 0 amide bonds. The minimum atomic E-state index is -3.55. The van der Waals surface area contributed by atoms with E-state index in [9.17, 15) is 13.2 Å². The molecule has 0 saturated carbocycles. The number of aromatic nitrogens is 3. The fourth-order valence-corrected chi connectivity index (χ4v) is 3.70. The van der Waals surface area contributed by atoms with Crippen molar-refractivity contribution in [3.05, 3.63) is 46.3 Å². The summed E-state index contributed by atoms with van der Waals surface area (Å²) in [6.45, 7) is 1.70. The van der Waals surface area contributed by atoms with Gasteiger partial charge >= 0.3 is 5.97 Å². The summed E-state index contributed by atoms with van der Waals surface area (Å²) in [5.41, 5.74) is 2.40. The Morgan fingerprint density at radius 2 is 2.04 bits per heavy atom. The second kappa shape index (κ2) is 5.67. The van der Waals surface area contributed by atoms with Crippen LogP contribution in [0.3, 0.4) is 0 Å². The summed E-state index contributed by atoms with van der Waals surface area (Å²) in [7, 11) is -3.55. The molecule has 0 fully saturated rings. The Kier molecular flexibility index (Phi) is 3.92. The standard InChI is InChI=1S/C15H12BrN3O4S/c1-8-5-9(3-4-10(8)15(20)21)11-6-17-13-14(24(2,22)23)18-12(16)7-19(11)13/h3-7H,1-2H3,(H,20,21). The fraction of sp³-hybridized carbons (Fsp3) is 0.133. The van der Waals surface area contributed by atoms with Crippen LogP contribution in [0.15, 0.2) is 40.2 Å². The van der Waals surface area contributed by atoms with Gasteiger partial charge in [-0.05, 0) is 40.5 Å². The molecule has 7 nitrogen and oxygen atoms in total. The summed E-state index contributed by atoms with van der Waals surface area (Å²) >= 11 is 3.21. The lowest BCUT2D eigenvalue weighted by Crippen LogP contribution is -2.05. The van der Waals surface area contributed by atoms with Crippen molar-refractivity contribution in [1.82, 2.24) is 14.4 Å². The number of carboxylic acids is 1. The van der Waals surface area contributed by atoms with Gasteiger partial charge in [0, 0.05) is 18.0 Å². The highest BCUT2D eigenvalue weighted by Crippen LogP contribution is 2.27. The minimum absolute atomic E-state index is 0.123. The van der Waals surface area contributed by atoms with E-state index in [1.54, 1.807) is 29.7 Å². The van der Waals surface area contributed by atoms with E-state index in [1.165, 1.54) is 12.3 Å². The molecule has 1 N–H and O–H groups in total. The van der Waals surface area contributed by atoms with Gasteiger partial charge in [0.25, 0.3) is 0 Å². The summed E-state index contributed by atoms with van der Waals surface area (Å²) in [6.07, 6.45) is 4.22. The number of hydrogen-bond donors (Lipinski definition) is 1. The van der Waals surface area contributed by atoms with Crippen LogP contribution < -0.4 is 0 Å². The number of rotatable bonds is 3. The number of benzene rings is 1. The van der Waals surface area contributed by atoms with Crippen molar-refractivity contribution in [2.24, 2.45) is 0 Å². The van der Waals surface area contributed by atoms with E-state index in [0.29, 0.717) is 15.9 Å². The molecule has 3 rings (SSSR count). The topological polar surface area (TPSA) is 102 Å². The number of halogens is 1. The number of aryl methyl sites for hydroxylation is 1. The van der Waals surface area contributed by atoms with E-state index in [2.05, 4.69) is 25.9 Å². The molecule has 0 atom stereocenters. The molecule has 124 valence electrons. The molecule has 2 heterocycles. The zero-order valence-corrected chi connectivity index (χ0v) is 15.1. The zero-order chi connectivity index (χ0) is 17.6. The number of carboxylic acid groups (broad SMARTS) is 1. The number of sulfone groups is 1. The normalized spacial score (nSPS) is 11.8. The van der Waals surface area contributed by atoms with Crippen LogP contribution in [0.4, 0.5) is 0 Å². The lowest BCUT2D eigenvalue weighted by molar-refractivity contribution is 0.0696. The molecule has 2 aromatic heterocycles. The van der Waals surface area contributed by atoms with Crippen molar-refractivity contribution in [3.63, 3.8) is 0 Å². The lowest BCUT2D eigenvalue weighted by atomic mass is 10.0. The Morgan fingerprint density at radius 1 is 1.33 bits per heavy atom. The highest BCUT2D eigenvalue weighted by Gasteiger charge is 2.19. The largest absolute Gasteiger partial charge is 0.478 e. The average molecular weight is 410 g/mol. The molecular formula is C15H12BrN3O4S. The van der Waals surface area contributed by atoms with E-state index >= 15 is 0 Å². The molecule has 0 aliphatic carbocycles. The van der Waals surface area contributed by atoms with Gasteiger partial charge in [-0.2, -0.15) is 0 Å². The maximum atomic E-state index is 11.9. The van der Waals surface area contributed by atoms with Crippen LogP contribution in [-0.2, 0) is 9.84 Å². The van der Waals surface area contributed by atoms with Crippen molar-refractivity contribution in [1.29, 1.82) is 0 Å². The Hall–Kier alpha value is -2.26. The summed E-state index contributed by atoms with van der Waals surface area (Å²) in [6, 6.07) is 4.90. The van der Waals surface area contributed by atoms with Gasteiger partial charge in [-0.15, -0.1) is 0 Å². The molecule has 0 bridgehead atoms. The molecule has 0 radical (unpaired) electrons. The highest BCUT2D eigenvalue weighted by atomic mass is 79.9. The molecule has 0 spiro atoms. The zero-order valence-electron chi connectivity index (χ0n) is 12.7. The van der Waals surface area contributed by atoms with Crippen LogP contribution in [0, 0.1) is 6.92 Å². The Morgan fingerprint density at radius 3 is 2.62 bits per heavy atom. The molecule has 0 unspecified atom stereocenters. The summed E-state index contributed by atoms with van der Waals surface area (Å²) in [5, 5.41) is 9.00. The second-order valence-corrected chi connectivity index (χ2v) is 8.06. The Labute approximate surface area is 146 Å². The first-order chi connectivity index (χ1) is 11.2. The SMILES string of the molecule is Cc1cc(-c2cnc3c(S(C)(=O)=O)nc(Br)cn23)ccc1C(=O)O. The van der Waals surface area contributed by atoms with Crippen molar-refractivity contribution in [2.45, 2.75) is 11.9 Å². The molecule has 1 aromatic carbocycles. The number of fused-ring (bicyclic) bond motifs is 1. The van der Waals surface area contributed by atoms with Gasteiger partial charge < -0.3 is 5.11 Å². The predicted molar refractivity (Wildman–Crippen MR) is 90.9 cm³/mol. The van der Waals surface area contributed by atoms with Gasteiger partial charge in [0.05, 0.1) is 17.5 Å². The van der Waals surface area contributed by atoms with Crippen molar-refractivity contribution < 1.29 is 18.3 Å². The molecular weight excluding hydrogens is 398 g/mol. The highest BCUT2D eigenvalue weighted by molar-refractivity contribution is 9.10. The third-order valence-corrected chi connectivity index (χ3v) is 4.89. The number of carbonyl (C=O) groups is 1. The van der Waals surface area contributed by atoms with E-state index in [4.69, 9.17) is 5.11 Å². The number of hydrogen-bond acceptors (Lipinski definition) is 5. The third-order valence-electron chi connectivity index (χ3n) is 3.54. The monoisotopic (exact) mass is 409 g/mol. The number of aromatic carboxylic acids is 1. The smallest absolute Gasteiger partial charge is 0.335 e. The van der Waals surface area contributed by atoms with Crippen LogP contribution >= 0.6 is 15.9 Å². The second-order valence-electron chi connectivity index (χ2n) is 5.31. The quantitative estimate of drug-likeness (QED) is 0.712. The van der Waals surface area contributed by atoms with E-state index in [1.807, 2.05) is 0 Å². The van der Waals surface area contributed by atoms with Gasteiger partial charge in [-0.3, -0.25) is 4.40 Å². The lowest BCUT2D eigenvalue weighted by Gasteiger charge is -2.07.